The van der Waals surface area contributed by atoms with Crippen molar-refractivity contribution in [1.82, 2.24) is 4.98 Å². The summed E-state index contributed by atoms with van der Waals surface area (Å²) in [7, 11) is 0. The third-order valence-electron chi connectivity index (χ3n) is 3.18. The Labute approximate surface area is 97.8 Å². The van der Waals surface area contributed by atoms with Crippen molar-refractivity contribution in [2.75, 3.05) is 0 Å². The number of nitrogens with zero attached hydrogens (tertiary/aromatic N) is 2. The fourth-order valence-electron chi connectivity index (χ4n) is 2.17. The molecule has 0 radical (unpaired) electrons. The molecule has 0 aliphatic heterocycles. The molecule has 0 atom stereocenters. The van der Waals surface area contributed by atoms with Gasteiger partial charge in [-0.1, -0.05) is 25.3 Å². The van der Waals surface area contributed by atoms with Crippen LogP contribution in [-0.2, 0) is 0 Å². The SMILES string of the molecule is Cc1cccnc1N=C1CCCCCCC1. The minimum atomic E-state index is 0.915. The highest BCUT2D eigenvalue weighted by molar-refractivity contribution is 5.86. The molecule has 1 aliphatic carbocycles. The summed E-state index contributed by atoms with van der Waals surface area (Å²) in [6.45, 7) is 2.08. The number of aromatic nitrogens is 1. The number of aliphatic imine (C=N–C) groups is 1. The minimum Gasteiger partial charge on any atom is -0.238 e. The number of aryl methyl sites for hydroxylation is 1. The first kappa shape index (κ1) is 11.3. The molecule has 0 N–H and O–H groups in total. The summed E-state index contributed by atoms with van der Waals surface area (Å²) < 4.78 is 0. The van der Waals surface area contributed by atoms with Crippen LogP contribution in [0.15, 0.2) is 23.3 Å². The van der Waals surface area contributed by atoms with Crippen LogP contribution in [0, 0.1) is 6.92 Å². The van der Waals surface area contributed by atoms with Crippen LogP contribution in [0.25, 0.3) is 0 Å². The molecule has 0 spiro atoms. The summed E-state index contributed by atoms with van der Waals surface area (Å²) in [5.74, 6) is 0.915. The lowest BCUT2D eigenvalue weighted by atomic mass is 9.99. The van der Waals surface area contributed by atoms with Gasteiger partial charge in [0.15, 0.2) is 5.82 Å². The van der Waals surface area contributed by atoms with Gasteiger partial charge >= 0.3 is 0 Å². The largest absolute Gasteiger partial charge is 0.238 e. The molecule has 0 saturated heterocycles. The van der Waals surface area contributed by atoms with Gasteiger partial charge in [-0.15, -0.1) is 0 Å². The van der Waals surface area contributed by atoms with Crippen molar-refractivity contribution < 1.29 is 0 Å². The lowest BCUT2D eigenvalue weighted by Crippen LogP contribution is -2.02. The molecule has 86 valence electrons. The number of hydrogen-bond donors (Lipinski definition) is 0. The Morgan fingerprint density at radius 2 is 1.75 bits per heavy atom. The molecule has 1 aliphatic rings. The van der Waals surface area contributed by atoms with Crippen molar-refractivity contribution in [1.29, 1.82) is 0 Å². The van der Waals surface area contributed by atoms with E-state index in [9.17, 15) is 0 Å². The van der Waals surface area contributed by atoms with Gasteiger partial charge in [0.25, 0.3) is 0 Å². The number of rotatable bonds is 1. The van der Waals surface area contributed by atoms with E-state index in [-0.39, 0.29) is 0 Å². The van der Waals surface area contributed by atoms with Crippen molar-refractivity contribution >= 4 is 11.5 Å². The second-order valence-corrected chi connectivity index (χ2v) is 4.59. The summed E-state index contributed by atoms with van der Waals surface area (Å²) in [6, 6.07) is 4.05. The topological polar surface area (TPSA) is 25.2 Å². The molecule has 0 unspecified atom stereocenters. The molecule has 1 aromatic rings. The van der Waals surface area contributed by atoms with E-state index < -0.39 is 0 Å². The highest BCUT2D eigenvalue weighted by Crippen LogP contribution is 2.20. The lowest BCUT2D eigenvalue weighted by Gasteiger charge is -2.11. The van der Waals surface area contributed by atoms with E-state index in [1.807, 2.05) is 12.3 Å². The molecule has 2 heteroatoms. The van der Waals surface area contributed by atoms with Gasteiger partial charge < -0.3 is 0 Å². The Morgan fingerprint density at radius 3 is 2.44 bits per heavy atom. The minimum absolute atomic E-state index is 0.915. The van der Waals surface area contributed by atoms with Gasteiger partial charge in [0, 0.05) is 11.9 Å². The lowest BCUT2D eigenvalue weighted by molar-refractivity contribution is 0.606. The van der Waals surface area contributed by atoms with Gasteiger partial charge in [0.05, 0.1) is 0 Å². The predicted molar refractivity (Wildman–Crippen MR) is 68.4 cm³/mol. The first-order valence-corrected chi connectivity index (χ1v) is 6.34. The van der Waals surface area contributed by atoms with Crippen LogP contribution in [0.2, 0.25) is 0 Å². The van der Waals surface area contributed by atoms with Gasteiger partial charge in [-0.05, 0) is 44.2 Å². The van der Waals surface area contributed by atoms with E-state index in [4.69, 9.17) is 4.99 Å². The van der Waals surface area contributed by atoms with Crippen LogP contribution in [0.1, 0.15) is 50.5 Å². The van der Waals surface area contributed by atoms with Crippen LogP contribution in [0.3, 0.4) is 0 Å². The van der Waals surface area contributed by atoms with Crippen LogP contribution < -0.4 is 0 Å². The second-order valence-electron chi connectivity index (χ2n) is 4.59. The van der Waals surface area contributed by atoms with Gasteiger partial charge in [-0.2, -0.15) is 0 Å². The molecular formula is C14H20N2. The number of pyridine rings is 1. The highest BCUT2D eigenvalue weighted by Gasteiger charge is 2.06. The van der Waals surface area contributed by atoms with Crippen molar-refractivity contribution in [3.8, 4) is 0 Å². The molecule has 1 aromatic heterocycles. The first-order chi connectivity index (χ1) is 7.86. The van der Waals surface area contributed by atoms with Crippen LogP contribution in [-0.4, -0.2) is 10.7 Å². The molecule has 0 bridgehead atoms. The molecule has 0 amide bonds. The molecule has 1 heterocycles. The average molecular weight is 216 g/mol. The van der Waals surface area contributed by atoms with E-state index in [1.165, 1.54) is 43.4 Å². The Balaban J connectivity index is 2.12. The first-order valence-electron chi connectivity index (χ1n) is 6.34. The Morgan fingerprint density at radius 1 is 1.06 bits per heavy atom. The summed E-state index contributed by atoms with van der Waals surface area (Å²) in [5.41, 5.74) is 2.53. The van der Waals surface area contributed by atoms with Crippen LogP contribution in [0.4, 0.5) is 5.82 Å². The van der Waals surface area contributed by atoms with Crippen molar-refractivity contribution in [3.63, 3.8) is 0 Å². The van der Waals surface area contributed by atoms with Gasteiger partial charge in [-0.25, -0.2) is 9.98 Å². The van der Waals surface area contributed by atoms with E-state index >= 15 is 0 Å². The second kappa shape index (κ2) is 5.78. The van der Waals surface area contributed by atoms with E-state index in [0.717, 1.165) is 18.7 Å². The van der Waals surface area contributed by atoms with E-state index in [0.29, 0.717) is 0 Å². The van der Waals surface area contributed by atoms with E-state index in [1.54, 1.807) is 0 Å². The van der Waals surface area contributed by atoms with Gasteiger partial charge in [0.1, 0.15) is 0 Å². The smallest absolute Gasteiger partial charge is 0.154 e. The zero-order valence-corrected chi connectivity index (χ0v) is 10.1. The molecule has 1 fully saturated rings. The average Bonchev–Trinajstić information content (AvgIpc) is 2.24. The predicted octanol–water partition coefficient (Wildman–Crippen LogP) is 4.21. The summed E-state index contributed by atoms with van der Waals surface area (Å²) in [4.78, 5) is 9.06. The molecule has 2 rings (SSSR count). The zero-order chi connectivity index (χ0) is 11.2. The molecule has 0 aromatic carbocycles. The standard InChI is InChI=1S/C14H20N2/c1-12-8-7-11-15-14(12)16-13-9-5-3-2-4-6-10-13/h7-8,11H,2-6,9-10H2,1H3. The molecular weight excluding hydrogens is 196 g/mol. The maximum atomic E-state index is 4.72. The summed E-state index contributed by atoms with van der Waals surface area (Å²) >= 11 is 0. The zero-order valence-electron chi connectivity index (χ0n) is 10.1. The normalized spacial score (nSPS) is 17.7. The number of hydrogen-bond acceptors (Lipinski definition) is 2. The van der Waals surface area contributed by atoms with Crippen molar-refractivity contribution in [3.05, 3.63) is 23.9 Å². The van der Waals surface area contributed by atoms with Gasteiger partial charge in [-0.3, -0.25) is 0 Å². The van der Waals surface area contributed by atoms with Crippen molar-refractivity contribution in [2.45, 2.75) is 51.9 Å². The maximum absolute atomic E-state index is 4.72. The van der Waals surface area contributed by atoms with Crippen LogP contribution >= 0.6 is 0 Å². The molecule has 1 saturated carbocycles. The Kier molecular flexibility index (Phi) is 4.09. The van der Waals surface area contributed by atoms with E-state index in [2.05, 4.69) is 18.0 Å². The van der Waals surface area contributed by atoms with Crippen molar-refractivity contribution in [2.24, 2.45) is 4.99 Å². The summed E-state index contributed by atoms with van der Waals surface area (Å²) in [6.07, 6.45) is 10.9. The summed E-state index contributed by atoms with van der Waals surface area (Å²) in [5, 5.41) is 0. The fraction of sp³-hybridized carbons (Fsp3) is 0.571. The quantitative estimate of drug-likeness (QED) is 0.690. The van der Waals surface area contributed by atoms with Crippen LogP contribution in [0.5, 0.6) is 0 Å². The van der Waals surface area contributed by atoms with Gasteiger partial charge in [0.2, 0.25) is 0 Å². The highest BCUT2D eigenvalue weighted by atomic mass is 14.9. The monoisotopic (exact) mass is 216 g/mol. The molecule has 16 heavy (non-hydrogen) atoms. The fourth-order valence-corrected chi connectivity index (χ4v) is 2.17. The third-order valence-corrected chi connectivity index (χ3v) is 3.18. The Bertz CT molecular complexity index is 359. The molecule has 2 nitrogen and oxygen atoms in total. The Hall–Kier alpha value is -1.18. The third kappa shape index (κ3) is 3.16. The maximum Gasteiger partial charge on any atom is 0.154 e.